The van der Waals surface area contributed by atoms with Crippen LogP contribution in [0.2, 0.25) is 0 Å². The topological polar surface area (TPSA) is 64.7 Å². The Kier molecular flexibility index (Phi) is 4.12. The number of benzene rings is 1. The van der Waals surface area contributed by atoms with Crippen molar-refractivity contribution in [2.24, 2.45) is 7.05 Å². The molecule has 0 saturated carbocycles. The van der Waals surface area contributed by atoms with E-state index in [2.05, 4.69) is 49.9 Å². The Balaban J connectivity index is 1.37. The molecular formula is C19H21N7S. The molecule has 3 aromatic heterocycles. The second kappa shape index (κ2) is 6.77. The van der Waals surface area contributed by atoms with E-state index in [0.717, 1.165) is 48.2 Å². The van der Waals surface area contributed by atoms with Crippen LogP contribution in [0.4, 0.5) is 5.13 Å². The van der Waals surface area contributed by atoms with Crippen LogP contribution in [0.1, 0.15) is 30.4 Å². The lowest BCUT2D eigenvalue weighted by atomic mass is 9.97. The molecule has 0 bridgehead atoms. The molecule has 0 aliphatic carbocycles. The van der Waals surface area contributed by atoms with E-state index in [9.17, 15) is 0 Å². The molecule has 1 aliphatic rings. The average molecular weight is 379 g/mol. The first-order chi connectivity index (χ1) is 13.3. The molecule has 1 saturated heterocycles. The highest BCUT2D eigenvalue weighted by Gasteiger charge is 2.27. The zero-order chi connectivity index (χ0) is 18.2. The fraction of sp³-hybridized carbons (Fsp3) is 0.368. The van der Waals surface area contributed by atoms with Gasteiger partial charge in [0.05, 0.1) is 23.1 Å². The Labute approximate surface area is 161 Å². The van der Waals surface area contributed by atoms with Crippen LogP contribution in [0.5, 0.6) is 0 Å². The fourth-order valence-electron chi connectivity index (χ4n) is 3.77. The van der Waals surface area contributed by atoms with Crippen LogP contribution in [-0.4, -0.2) is 42.4 Å². The minimum absolute atomic E-state index is 0.375. The van der Waals surface area contributed by atoms with Gasteiger partial charge in [0.2, 0.25) is 0 Å². The van der Waals surface area contributed by atoms with Crippen LogP contribution >= 0.6 is 11.3 Å². The monoisotopic (exact) mass is 379 g/mol. The molecule has 1 atom stereocenters. The van der Waals surface area contributed by atoms with Crippen molar-refractivity contribution in [2.45, 2.75) is 25.3 Å². The van der Waals surface area contributed by atoms with Crippen molar-refractivity contribution in [3.63, 3.8) is 0 Å². The van der Waals surface area contributed by atoms with Gasteiger partial charge in [0.15, 0.2) is 11.0 Å². The molecule has 4 heterocycles. The van der Waals surface area contributed by atoms with Crippen molar-refractivity contribution in [3.05, 3.63) is 54.6 Å². The first-order valence-corrected chi connectivity index (χ1v) is 10.0. The van der Waals surface area contributed by atoms with Crippen molar-refractivity contribution in [1.29, 1.82) is 0 Å². The summed E-state index contributed by atoms with van der Waals surface area (Å²) < 4.78 is 5.41. The highest BCUT2D eigenvalue weighted by Crippen LogP contribution is 2.33. The summed E-state index contributed by atoms with van der Waals surface area (Å²) in [7, 11) is 2.07. The lowest BCUT2D eigenvalue weighted by molar-refractivity contribution is 0.478. The molecule has 4 aromatic rings. The number of nitrogens with zero attached hydrogens (tertiary/aromatic N) is 7. The summed E-state index contributed by atoms with van der Waals surface area (Å²) in [5, 5.41) is 10.1. The van der Waals surface area contributed by atoms with E-state index in [4.69, 9.17) is 4.98 Å². The molecular weight excluding hydrogens is 358 g/mol. The van der Waals surface area contributed by atoms with Gasteiger partial charge < -0.3 is 14.0 Å². The number of anilines is 1. The van der Waals surface area contributed by atoms with E-state index in [1.807, 2.05) is 23.2 Å². The molecule has 0 spiro atoms. The molecule has 0 amide bonds. The largest absolute Gasteiger partial charge is 0.347 e. The van der Waals surface area contributed by atoms with Crippen LogP contribution in [0.15, 0.2) is 43.0 Å². The lowest BCUT2D eigenvalue weighted by Gasteiger charge is -2.31. The molecule has 8 heteroatoms. The predicted molar refractivity (Wildman–Crippen MR) is 106 cm³/mol. The third kappa shape index (κ3) is 3.10. The Hall–Kier alpha value is -2.74. The van der Waals surface area contributed by atoms with Gasteiger partial charge in [-0.3, -0.25) is 0 Å². The van der Waals surface area contributed by atoms with Gasteiger partial charge in [0.1, 0.15) is 5.82 Å². The summed E-state index contributed by atoms with van der Waals surface area (Å²) in [6.45, 7) is 2.69. The van der Waals surface area contributed by atoms with Crippen molar-refractivity contribution in [3.8, 4) is 0 Å². The maximum atomic E-state index is 4.83. The van der Waals surface area contributed by atoms with Gasteiger partial charge >= 0.3 is 0 Å². The summed E-state index contributed by atoms with van der Waals surface area (Å²) in [6, 6.07) is 8.35. The fourth-order valence-corrected chi connectivity index (χ4v) is 4.77. The van der Waals surface area contributed by atoms with Crippen molar-refractivity contribution < 1.29 is 0 Å². The van der Waals surface area contributed by atoms with Crippen molar-refractivity contribution in [1.82, 2.24) is 29.3 Å². The van der Waals surface area contributed by atoms with Crippen LogP contribution in [-0.2, 0) is 13.6 Å². The summed E-state index contributed by atoms with van der Waals surface area (Å²) in [4.78, 5) is 11.3. The Morgan fingerprint density at radius 3 is 3.00 bits per heavy atom. The second-order valence-corrected chi connectivity index (χ2v) is 8.03. The third-order valence-electron chi connectivity index (χ3n) is 5.22. The van der Waals surface area contributed by atoms with Gasteiger partial charge in [0.25, 0.3) is 0 Å². The zero-order valence-electron chi connectivity index (χ0n) is 15.2. The molecule has 138 valence electrons. The minimum Gasteiger partial charge on any atom is -0.347 e. The number of para-hydroxylation sites is 1. The molecule has 1 aliphatic heterocycles. The number of hydrogen-bond donors (Lipinski definition) is 0. The smallest absolute Gasteiger partial charge is 0.186 e. The summed E-state index contributed by atoms with van der Waals surface area (Å²) >= 11 is 1.77. The standard InChI is InChI=1S/C19H21N7S/c1-24-17(12-25-10-8-20-13-25)22-23-18(24)14-5-4-9-26(11-14)19-21-15-6-2-3-7-16(15)27-19/h2-3,6-8,10,13-14H,4-5,9,11-12H2,1H3/t14-/m1/s1. The molecule has 0 radical (unpaired) electrons. The number of fused-ring (bicyclic) bond motifs is 1. The molecule has 1 fully saturated rings. The van der Waals surface area contributed by atoms with Gasteiger partial charge in [0, 0.05) is 38.4 Å². The Morgan fingerprint density at radius 2 is 2.15 bits per heavy atom. The molecule has 5 rings (SSSR count). The zero-order valence-corrected chi connectivity index (χ0v) is 16.0. The van der Waals surface area contributed by atoms with Crippen LogP contribution in [0.25, 0.3) is 10.2 Å². The molecule has 0 unspecified atom stereocenters. The normalized spacial score (nSPS) is 17.7. The van der Waals surface area contributed by atoms with Gasteiger partial charge in [-0.05, 0) is 25.0 Å². The highest BCUT2D eigenvalue weighted by molar-refractivity contribution is 7.22. The predicted octanol–water partition coefficient (Wildman–Crippen LogP) is 3.05. The van der Waals surface area contributed by atoms with E-state index in [-0.39, 0.29) is 0 Å². The third-order valence-corrected chi connectivity index (χ3v) is 6.32. The number of rotatable bonds is 4. The van der Waals surface area contributed by atoms with Gasteiger partial charge in [-0.25, -0.2) is 9.97 Å². The Morgan fingerprint density at radius 1 is 1.22 bits per heavy atom. The maximum Gasteiger partial charge on any atom is 0.186 e. The van der Waals surface area contributed by atoms with Crippen molar-refractivity contribution >= 4 is 26.7 Å². The number of hydrogen-bond acceptors (Lipinski definition) is 6. The highest BCUT2D eigenvalue weighted by atomic mass is 32.1. The van der Waals surface area contributed by atoms with E-state index in [0.29, 0.717) is 12.5 Å². The van der Waals surface area contributed by atoms with E-state index >= 15 is 0 Å². The summed E-state index contributed by atoms with van der Waals surface area (Å²) in [5.41, 5.74) is 1.08. The number of imidazole rings is 1. The van der Waals surface area contributed by atoms with Gasteiger partial charge in [-0.2, -0.15) is 0 Å². The molecule has 27 heavy (non-hydrogen) atoms. The minimum atomic E-state index is 0.375. The van der Waals surface area contributed by atoms with Crippen LogP contribution in [0.3, 0.4) is 0 Å². The van der Waals surface area contributed by atoms with E-state index in [1.165, 1.54) is 4.70 Å². The van der Waals surface area contributed by atoms with Gasteiger partial charge in [-0.1, -0.05) is 23.5 Å². The quantitative estimate of drug-likeness (QED) is 0.545. The first-order valence-electron chi connectivity index (χ1n) is 9.22. The Bertz CT molecular complexity index is 1020. The van der Waals surface area contributed by atoms with E-state index < -0.39 is 0 Å². The van der Waals surface area contributed by atoms with Crippen LogP contribution in [0, 0.1) is 0 Å². The second-order valence-electron chi connectivity index (χ2n) is 7.02. The lowest BCUT2D eigenvalue weighted by Crippen LogP contribution is -2.35. The average Bonchev–Trinajstić information content (AvgIpc) is 3.43. The molecule has 1 aromatic carbocycles. The SMILES string of the molecule is Cn1c(Cn2ccnc2)nnc1[C@@H]1CCCN(c2nc3ccccc3s2)C1. The first kappa shape index (κ1) is 16.4. The van der Waals surface area contributed by atoms with E-state index in [1.54, 1.807) is 17.5 Å². The maximum absolute atomic E-state index is 4.83. The van der Waals surface area contributed by atoms with Gasteiger partial charge in [-0.15, -0.1) is 10.2 Å². The summed E-state index contributed by atoms with van der Waals surface area (Å²) in [6.07, 6.45) is 7.82. The number of piperidine rings is 1. The number of thiazole rings is 1. The summed E-state index contributed by atoms with van der Waals surface area (Å²) in [5.74, 6) is 2.40. The van der Waals surface area contributed by atoms with Crippen molar-refractivity contribution in [2.75, 3.05) is 18.0 Å². The molecule has 7 nitrogen and oxygen atoms in total. The van der Waals surface area contributed by atoms with Crippen LogP contribution < -0.4 is 4.90 Å². The molecule has 0 N–H and O–H groups in total. The number of aromatic nitrogens is 6.